The van der Waals surface area contributed by atoms with Crippen LogP contribution in [0.3, 0.4) is 0 Å². The predicted molar refractivity (Wildman–Crippen MR) is 50.8 cm³/mol. The first-order chi connectivity index (χ1) is 6.11. The molecule has 0 aliphatic heterocycles. The van der Waals surface area contributed by atoms with Crippen LogP contribution in [0.1, 0.15) is 28.9 Å². The number of rotatable bonds is 2. The van der Waals surface area contributed by atoms with Crippen LogP contribution in [0.5, 0.6) is 0 Å². The van der Waals surface area contributed by atoms with E-state index in [2.05, 4.69) is 10.3 Å². The first kappa shape index (κ1) is 9.77. The molecule has 4 nitrogen and oxygen atoms in total. The normalized spacial score (nSPS) is 10.2. The van der Waals surface area contributed by atoms with Crippen LogP contribution in [0, 0.1) is 13.8 Å². The van der Waals surface area contributed by atoms with Crippen LogP contribution in [0.15, 0.2) is 0 Å². The number of aryl methyl sites for hydroxylation is 2. The summed E-state index contributed by atoms with van der Waals surface area (Å²) in [6, 6.07) is 0. The summed E-state index contributed by atoms with van der Waals surface area (Å²) in [5.41, 5.74) is 1.46. The van der Waals surface area contributed by atoms with Crippen molar-refractivity contribution in [1.82, 2.24) is 14.9 Å². The fourth-order valence-electron chi connectivity index (χ4n) is 1.51. The second kappa shape index (κ2) is 3.60. The Morgan fingerprint density at radius 1 is 1.54 bits per heavy atom. The van der Waals surface area contributed by atoms with Crippen molar-refractivity contribution in [2.24, 2.45) is 0 Å². The molecule has 4 heteroatoms. The molecule has 0 aliphatic rings. The zero-order chi connectivity index (χ0) is 10.0. The van der Waals surface area contributed by atoms with E-state index in [1.165, 1.54) is 0 Å². The van der Waals surface area contributed by atoms with Gasteiger partial charge in [0, 0.05) is 13.6 Å². The fourth-order valence-corrected chi connectivity index (χ4v) is 1.51. The highest BCUT2D eigenvalue weighted by atomic mass is 16.1. The van der Waals surface area contributed by atoms with Crippen molar-refractivity contribution in [3.05, 3.63) is 17.2 Å². The molecule has 1 rings (SSSR count). The molecule has 13 heavy (non-hydrogen) atoms. The second-order valence-corrected chi connectivity index (χ2v) is 2.92. The molecule has 0 bridgehead atoms. The summed E-state index contributed by atoms with van der Waals surface area (Å²) in [6.07, 6.45) is 0. The Balaban J connectivity index is 3.24. The van der Waals surface area contributed by atoms with Gasteiger partial charge in [-0.2, -0.15) is 0 Å². The maximum atomic E-state index is 11.5. The largest absolute Gasteiger partial charge is 0.354 e. The highest BCUT2D eigenvalue weighted by molar-refractivity contribution is 5.93. The van der Waals surface area contributed by atoms with E-state index in [1.807, 2.05) is 25.3 Å². The van der Waals surface area contributed by atoms with E-state index in [0.29, 0.717) is 5.69 Å². The molecule has 72 valence electrons. The minimum absolute atomic E-state index is 0.0695. The summed E-state index contributed by atoms with van der Waals surface area (Å²) >= 11 is 0. The van der Waals surface area contributed by atoms with Gasteiger partial charge in [0.25, 0.3) is 5.91 Å². The Hall–Kier alpha value is -1.32. The maximum Gasteiger partial charge on any atom is 0.269 e. The third-order valence-corrected chi connectivity index (χ3v) is 2.09. The molecule has 0 atom stereocenters. The van der Waals surface area contributed by atoms with Gasteiger partial charge in [0.1, 0.15) is 11.5 Å². The van der Waals surface area contributed by atoms with E-state index >= 15 is 0 Å². The molecule has 0 aliphatic carbocycles. The molecule has 0 aromatic carbocycles. The molecule has 0 saturated heterocycles. The quantitative estimate of drug-likeness (QED) is 0.736. The first-order valence-corrected chi connectivity index (χ1v) is 4.37. The summed E-state index contributed by atoms with van der Waals surface area (Å²) < 4.78 is 1.91. The van der Waals surface area contributed by atoms with Crippen LogP contribution >= 0.6 is 0 Å². The Kier molecular flexibility index (Phi) is 2.70. The number of aromatic nitrogens is 2. The summed E-state index contributed by atoms with van der Waals surface area (Å²) in [4.78, 5) is 15.7. The smallest absolute Gasteiger partial charge is 0.269 e. The third-order valence-electron chi connectivity index (χ3n) is 2.09. The van der Waals surface area contributed by atoms with Crippen molar-refractivity contribution in [1.29, 1.82) is 0 Å². The average molecular weight is 181 g/mol. The number of hydrogen-bond acceptors (Lipinski definition) is 2. The summed E-state index contributed by atoms with van der Waals surface area (Å²) in [7, 11) is 1.63. The molecule has 1 aromatic heterocycles. The SMILES string of the molecule is CCn1c(C)nc(C)c1C(=O)NC. The Morgan fingerprint density at radius 3 is 2.62 bits per heavy atom. The number of nitrogens with one attached hydrogen (secondary N) is 1. The fraction of sp³-hybridized carbons (Fsp3) is 0.556. The van der Waals surface area contributed by atoms with E-state index in [0.717, 1.165) is 18.1 Å². The number of hydrogen-bond donors (Lipinski definition) is 1. The van der Waals surface area contributed by atoms with E-state index in [1.54, 1.807) is 7.05 Å². The van der Waals surface area contributed by atoms with Crippen LogP contribution in [0.2, 0.25) is 0 Å². The molecular weight excluding hydrogens is 166 g/mol. The van der Waals surface area contributed by atoms with Crippen molar-refractivity contribution < 1.29 is 4.79 Å². The van der Waals surface area contributed by atoms with Gasteiger partial charge in [-0.05, 0) is 20.8 Å². The van der Waals surface area contributed by atoms with Gasteiger partial charge >= 0.3 is 0 Å². The van der Waals surface area contributed by atoms with Crippen LogP contribution < -0.4 is 5.32 Å². The number of carbonyl (C=O) groups excluding carboxylic acids is 1. The standard InChI is InChI=1S/C9H15N3O/c1-5-12-7(3)11-6(2)8(12)9(13)10-4/h5H2,1-4H3,(H,10,13). The van der Waals surface area contributed by atoms with E-state index in [-0.39, 0.29) is 5.91 Å². The lowest BCUT2D eigenvalue weighted by Crippen LogP contribution is -2.22. The van der Waals surface area contributed by atoms with E-state index in [9.17, 15) is 4.79 Å². The van der Waals surface area contributed by atoms with Gasteiger partial charge in [0.15, 0.2) is 0 Å². The lowest BCUT2D eigenvalue weighted by Gasteiger charge is -2.05. The minimum Gasteiger partial charge on any atom is -0.354 e. The van der Waals surface area contributed by atoms with Gasteiger partial charge in [0.2, 0.25) is 0 Å². The summed E-state index contributed by atoms with van der Waals surface area (Å²) in [5.74, 6) is 0.818. The van der Waals surface area contributed by atoms with Crippen molar-refractivity contribution in [2.45, 2.75) is 27.3 Å². The van der Waals surface area contributed by atoms with Gasteiger partial charge in [-0.15, -0.1) is 0 Å². The monoisotopic (exact) mass is 181 g/mol. The lowest BCUT2D eigenvalue weighted by atomic mass is 10.3. The van der Waals surface area contributed by atoms with Crippen LogP contribution in [0.4, 0.5) is 0 Å². The lowest BCUT2D eigenvalue weighted by molar-refractivity contribution is 0.0953. The minimum atomic E-state index is -0.0695. The molecule has 0 unspecified atom stereocenters. The van der Waals surface area contributed by atoms with E-state index < -0.39 is 0 Å². The average Bonchev–Trinajstić information content (AvgIpc) is 2.39. The van der Waals surface area contributed by atoms with Crippen LogP contribution in [0.25, 0.3) is 0 Å². The highest BCUT2D eigenvalue weighted by Gasteiger charge is 2.15. The summed E-state index contributed by atoms with van der Waals surface area (Å²) in [5, 5.41) is 2.61. The topological polar surface area (TPSA) is 46.9 Å². The van der Waals surface area contributed by atoms with Crippen molar-refractivity contribution in [3.63, 3.8) is 0 Å². The Bertz CT molecular complexity index is 328. The van der Waals surface area contributed by atoms with Crippen LogP contribution in [-0.4, -0.2) is 22.5 Å². The number of imidazole rings is 1. The van der Waals surface area contributed by atoms with Crippen molar-refractivity contribution in [3.8, 4) is 0 Å². The molecular formula is C9H15N3O. The van der Waals surface area contributed by atoms with E-state index in [4.69, 9.17) is 0 Å². The molecule has 1 N–H and O–H groups in total. The Morgan fingerprint density at radius 2 is 2.15 bits per heavy atom. The molecule has 1 heterocycles. The number of nitrogens with zero attached hydrogens (tertiary/aromatic N) is 2. The Labute approximate surface area is 78.0 Å². The molecule has 0 saturated carbocycles. The number of amides is 1. The van der Waals surface area contributed by atoms with Gasteiger partial charge in [-0.1, -0.05) is 0 Å². The zero-order valence-corrected chi connectivity index (χ0v) is 8.51. The number of carbonyl (C=O) groups is 1. The van der Waals surface area contributed by atoms with Gasteiger partial charge in [-0.3, -0.25) is 4.79 Å². The van der Waals surface area contributed by atoms with Gasteiger partial charge in [0.05, 0.1) is 5.69 Å². The summed E-state index contributed by atoms with van der Waals surface area (Å²) in [6.45, 7) is 6.53. The van der Waals surface area contributed by atoms with Gasteiger partial charge in [-0.25, -0.2) is 4.98 Å². The first-order valence-electron chi connectivity index (χ1n) is 4.37. The molecule has 0 radical (unpaired) electrons. The zero-order valence-electron chi connectivity index (χ0n) is 8.51. The second-order valence-electron chi connectivity index (χ2n) is 2.92. The van der Waals surface area contributed by atoms with Crippen molar-refractivity contribution in [2.75, 3.05) is 7.05 Å². The molecule has 1 amide bonds. The third kappa shape index (κ3) is 1.56. The molecule has 1 aromatic rings. The predicted octanol–water partition coefficient (Wildman–Crippen LogP) is 0.879. The van der Waals surface area contributed by atoms with Crippen molar-refractivity contribution >= 4 is 5.91 Å². The van der Waals surface area contributed by atoms with Gasteiger partial charge < -0.3 is 9.88 Å². The molecule has 0 fully saturated rings. The highest BCUT2D eigenvalue weighted by Crippen LogP contribution is 2.10. The molecule has 0 spiro atoms. The maximum absolute atomic E-state index is 11.5. The van der Waals surface area contributed by atoms with Crippen LogP contribution in [-0.2, 0) is 6.54 Å².